The number of carboxylic acids is 1. The summed E-state index contributed by atoms with van der Waals surface area (Å²) in [7, 11) is 0. The van der Waals surface area contributed by atoms with E-state index in [-0.39, 0.29) is 11.8 Å². The van der Waals surface area contributed by atoms with Crippen molar-refractivity contribution in [3.8, 4) is 0 Å². The highest BCUT2D eigenvalue weighted by molar-refractivity contribution is 5.86. The molecule has 5 rings (SSSR count). The smallest absolute Gasteiger partial charge is 0.307 e. The predicted molar refractivity (Wildman–Crippen MR) is 112 cm³/mol. The number of amides is 1. The van der Waals surface area contributed by atoms with Crippen molar-refractivity contribution in [1.82, 2.24) is 4.90 Å². The molecule has 4 atom stereocenters. The zero-order valence-corrected chi connectivity index (χ0v) is 17.8. The molecule has 0 aromatic heterocycles. The van der Waals surface area contributed by atoms with E-state index in [0.29, 0.717) is 30.3 Å². The second-order valence-electron chi connectivity index (χ2n) is 10.5. The number of carbonyl (C=O) groups excluding carboxylic acids is 1. The van der Waals surface area contributed by atoms with Gasteiger partial charge in [-0.15, -0.1) is 0 Å². The molecule has 0 aromatic rings. The summed E-state index contributed by atoms with van der Waals surface area (Å²) in [6.07, 6.45) is 17.0. The molecule has 4 heteroatoms. The Morgan fingerprint density at radius 3 is 1.66 bits per heavy atom. The highest BCUT2D eigenvalue weighted by atomic mass is 16.4. The van der Waals surface area contributed by atoms with Crippen molar-refractivity contribution in [1.29, 1.82) is 0 Å². The molecule has 0 radical (unpaired) electrons. The van der Waals surface area contributed by atoms with E-state index < -0.39 is 11.9 Å². The number of carbonyl (C=O) groups is 2. The highest BCUT2D eigenvalue weighted by Crippen LogP contribution is 2.56. The minimum atomic E-state index is -0.745. The number of rotatable bonds is 4. The molecule has 0 heterocycles. The van der Waals surface area contributed by atoms with E-state index in [1.165, 1.54) is 68.9 Å². The van der Waals surface area contributed by atoms with Crippen LogP contribution in [-0.4, -0.2) is 34.0 Å². The Morgan fingerprint density at radius 2 is 1.17 bits per heavy atom. The van der Waals surface area contributed by atoms with E-state index in [9.17, 15) is 14.7 Å². The van der Waals surface area contributed by atoms with Crippen molar-refractivity contribution in [3.63, 3.8) is 0 Å². The Hall–Kier alpha value is -1.32. The third-order valence-corrected chi connectivity index (χ3v) is 9.02. The van der Waals surface area contributed by atoms with Gasteiger partial charge in [0, 0.05) is 12.1 Å². The maximum atomic E-state index is 14.0. The topological polar surface area (TPSA) is 57.6 Å². The zero-order chi connectivity index (χ0) is 20.0. The van der Waals surface area contributed by atoms with Gasteiger partial charge in [-0.3, -0.25) is 9.59 Å². The third-order valence-electron chi connectivity index (χ3n) is 9.02. The molecule has 2 bridgehead atoms. The summed E-state index contributed by atoms with van der Waals surface area (Å²) in [5, 5.41) is 10.1. The van der Waals surface area contributed by atoms with Crippen molar-refractivity contribution in [3.05, 3.63) is 11.1 Å². The second kappa shape index (κ2) is 8.07. The predicted octanol–water partition coefficient (Wildman–Crippen LogP) is 5.32. The maximum absolute atomic E-state index is 14.0. The fourth-order valence-electron chi connectivity index (χ4n) is 7.58. The van der Waals surface area contributed by atoms with Crippen LogP contribution in [0.5, 0.6) is 0 Å². The molecule has 3 saturated carbocycles. The molecule has 29 heavy (non-hydrogen) atoms. The van der Waals surface area contributed by atoms with Crippen molar-refractivity contribution in [2.75, 3.05) is 0 Å². The first-order valence-electron chi connectivity index (χ1n) is 12.4. The van der Waals surface area contributed by atoms with Crippen molar-refractivity contribution in [2.45, 2.75) is 108 Å². The van der Waals surface area contributed by atoms with Gasteiger partial charge in [0.2, 0.25) is 5.91 Å². The van der Waals surface area contributed by atoms with Crippen LogP contribution in [0.4, 0.5) is 0 Å². The van der Waals surface area contributed by atoms with Crippen molar-refractivity contribution in [2.24, 2.45) is 23.7 Å². The first-order valence-corrected chi connectivity index (χ1v) is 12.4. The highest BCUT2D eigenvalue weighted by Gasteiger charge is 2.49. The molecule has 4 unspecified atom stereocenters. The molecule has 0 spiro atoms. The summed E-state index contributed by atoms with van der Waals surface area (Å²) in [6.45, 7) is 0. The van der Waals surface area contributed by atoms with Gasteiger partial charge in [0.25, 0.3) is 0 Å². The summed E-state index contributed by atoms with van der Waals surface area (Å²) < 4.78 is 0. The van der Waals surface area contributed by atoms with Crippen LogP contribution in [0, 0.1) is 23.7 Å². The number of hydrogen-bond acceptors (Lipinski definition) is 2. The minimum absolute atomic E-state index is 0.200. The summed E-state index contributed by atoms with van der Waals surface area (Å²) in [6, 6.07) is 0.702. The lowest BCUT2D eigenvalue weighted by atomic mass is 9.70. The lowest BCUT2D eigenvalue weighted by Crippen LogP contribution is -2.53. The normalized spacial score (nSPS) is 35.6. The van der Waals surface area contributed by atoms with Crippen LogP contribution < -0.4 is 0 Å². The zero-order valence-electron chi connectivity index (χ0n) is 17.8. The Labute approximate surface area is 175 Å². The second-order valence-corrected chi connectivity index (χ2v) is 10.5. The van der Waals surface area contributed by atoms with Gasteiger partial charge in [-0.05, 0) is 69.6 Å². The first-order chi connectivity index (χ1) is 14.1. The quantitative estimate of drug-likeness (QED) is 0.651. The van der Waals surface area contributed by atoms with E-state index in [0.717, 1.165) is 32.1 Å². The van der Waals surface area contributed by atoms with Crippen molar-refractivity contribution < 1.29 is 14.7 Å². The van der Waals surface area contributed by atoms with E-state index in [2.05, 4.69) is 4.90 Å². The summed E-state index contributed by atoms with van der Waals surface area (Å²) in [5.74, 6) is -0.0984. The van der Waals surface area contributed by atoms with E-state index >= 15 is 0 Å². The lowest BCUT2D eigenvalue weighted by Gasteiger charge is -2.45. The number of fused-ring (bicyclic) bond motifs is 4. The standard InChI is InChI=1S/C25H37NO3/c27-24(26(18-7-3-1-4-8-18)19-9-5-2-6-10-19)22-14-20-16-11-12-17(13-16)21(20)15-23(22)25(28)29/h16-19,22-23H,1-15H2,(H,28,29). The SMILES string of the molecule is O=C(O)C1CC2=C(CC1C(=O)N(C1CCCCC1)C1CCCCC1)C1CCC2C1. The number of aliphatic carboxylic acids is 1. The molecule has 0 aliphatic heterocycles. The van der Waals surface area contributed by atoms with Gasteiger partial charge in [-0.1, -0.05) is 49.7 Å². The molecule has 0 saturated heterocycles. The molecule has 1 amide bonds. The number of nitrogens with zero attached hydrogens (tertiary/aromatic N) is 1. The Morgan fingerprint density at radius 1 is 0.690 bits per heavy atom. The largest absolute Gasteiger partial charge is 0.481 e. The van der Waals surface area contributed by atoms with Gasteiger partial charge in [0.05, 0.1) is 11.8 Å². The van der Waals surface area contributed by atoms with Gasteiger partial charge in [0.15, 0.2) is 0 Å². The molecule has 1 N–H and O–H groups in total. The van der Waals surface area contributed by atoms with Gasteiger partial charge < -0.3 is 10.0 Å². The van der Waals surface area contributed by atoms with Crippen LogP contribution in [0.25, 0.3) is 0 Å². The van der Waals surface area contributed by atoms with Crippen molar-refractivity contribution >= 4 is 11.9 Å². The number of carboxylic acid groups (broad SMARTS) is 1. The molecular weight excluding hydrogens is 362 g/mol. The summed E-state index contributed by atoms with van der Waals surface area (Å²) >= 11 is 0. The average molecular weight is 400 g/mol. The Bertz CT molecular complexity index is 668. The number of hydrogen-bond donors (Lipinski definition) is 1. The molecule has 5 aliphatic carbocycles. The minimum Gasteiger partial charge on any atom is -0.481 e. The van der Waals surface area contributed by atoms with Gasteiger partial charge in [-0.25, -0.2) is 0 Å². The average Bonchev–Trinajstić information content (AvgIpc) is 3.37. The molecule has 0 aromatic carbocycles. The Kier molecular flexibility index (Phi) is 5.47. The summed E-state index contributed by atoms with van der Waals surface area (Å²) in [5.41, 5.74) is 2.95. The molecule has 160 valence electrons. The van der Waals surface area contributed by atoms with E-state index in [1.807, 2.05) is 0 Å². The molecule has 4 nitrogen and oxygen atoms in total. The first kappa shape index (κ1) is 19.6. The van der Waals surface area contributed by atoms with Crippen LogP contribution >= 0.6 is 0 Å². The van der Waals surface area contributed by atoms with Crippen LogP contribution in [0.15, 0.2) is 11.1 Å². The molecular formula is C25H37NO3. The van der Waals surface area contributed by atoms with E-state index in [1.54, 1.807) is 0 Å². The fraction of sp³-hybridized carbons (Fsp3) is 0.840. The lowest BCUT2D eigenvalue weighted by molar-refractivity contribution is -0.154. The summed E-state index contributed by atoms with van der Waals surface area (Å²) in [4.78, 5) is 28.6. The monoisotopic (exact) mass is 399 g/mol. The van der Waals surface area contributed by atoms with Crippen LogP contribution in [0.1, 0.15) is 96.3 Å². The van der Waals surface area contributed by atoms with Gasteiger partial charge in [-0.2, -0.15) is 0 Å². The Balaban J connectivity index is 1.43. The van der Waals surface area contributed by atoms with E-state index in [4.69, 9.17) is 0 Å². The third kappa shape index (κ3) is 3.55. The number of allylic oxidation sites excluding steroid dienone is 2. The molecule has 5 aliphatic rings. The van der Waals surface area contributed by atoms with Crippen LogP contribution in [-0.2, 0) is 9.59 Å². The maximum Gasteiger partial charge on any atom is 0.307 e. The van der Waals surface area contributed by atoms with Crippen LogP contribution in [0.2, 0.25) is 0 Å². The van der Waals surface area contributed by atoms with Crippen LogP contribution in [0.3, 0.4) is 0 Å². The molecule has 3 fully saturated rings. The van der Waals surface area contributed by atoms with Gasteiger partial charge >= 0.3 is 5.97 Å². The fourth-order valence-corrected chi connectivity index (χ4v) is 7.58. The van der Waals surface area contributed by atoms with Gasteiger partial charge in [0.1, 0.15) is 0 Å².